The zero-order valence-corrected chi connectivity index (χ0v) is 7.40. The van der Waals surface area contributed by atoms with Crippen molar-refractivity contribution >= 4 is 19.2 Å². The summed E-state index contributed by atoms with van der Waals surface area (Å²) in [4.78, 5) is 27.8. The van der Waals surface area contributed by atoms with Crippen molar-refractivity contribution in [3.8, 4) is 0 Å². The summed E-state index contributed by atoms with van der Waals surface area (Å²) in [5.41, 5.74) is 0.374. The van der Waals surface area contributed by atoms with Crippen LogP contribution in [0.5, 0.6) is 0 Å². The Morgan fingerprint density at radius 2 is 2.31 bits per heavy atom. The van der Waals surface area contributed by atoms with Gasteiger partial charge in [-0.15, -0.1) is 0 Å². The van der Waals surface area contributed by atoms with Gasteiger partial charge in [0, 0.05) is 0 Å². The Balaban J connectivity index is 2.48. The fraction of sp³-hybridized carbons (Fsp3) is 0.167. The topological polar surface area (TPSA) is 99.8 Å². The summed E-state index contributed by atoms with van der Waals surface area (Å²) < 4.78 is 15.0. The highest BCUT2D eigenvalue weighted by molar-refractivity contribution is 7.52. The second-order valence-electron chi connectivity index (χ2n) is 2.38. The summed E-state index contributed by atoms with van der Waals surface area (Å²) >= 11 is 0. The minimum Gasteiger partial charge on any atom is -0.470 e. The van der Waals surface area contributed by atoms with Crippen molar-refractivity contribution in [2.45, 2.75) is 0 Å². The van der Waals surface area contributed by atoms with E-state index in [4.69, 9.17) is 9.79 Å². The van der Waals surface area contributed by atoms with Crippen molar-refractivity contribution < 1.29 is 23.6 Å². The first-order valence-electron chi connectivity index (χ1n) is 3.34. The summed E-state index contributed by atoms with van der Waals surface area (Å²) in [5, 5.41) is 2.25. The van der Waals surface area contributed by atoms with Crippen LogP contribution in [0.4, 0.5) is 5.69 Å². The van der Waals surface area contributed by atoms with Gasteiger partial charge in [-0.05, 0) is 6.07 Å². The third kappa shape index (κ3) is 3.89. The van der Waals surface area contributed by atoms with E-state index in [0.717, 1.165) is 0 Å². The van der Waals surface area contributed by atoms with Crippen LogP contribution in [0.2, 0.25) is 0 Å². The lowest BCUT2D eigenvalue weighted by molar-refractivity contribution is -0.114. The number of carbonyl (C=O) groups excluding carboxylic acids is 1. The minimum absolute atomic E-state index is 0.374. The van der Waals surface area contributed by atoms with Crippen LogP contribution in [0.3, 0.4) is 0 Å². The van der Waals surface area contributed by atoms with Gasteiger partial charge in [-0.1, -0.05) is 0 Å². The predicted octanol–water partition coefficient (Wildman–Crippen LogP) is 0.396. The summed E-state index contributed by atoms with van der Waals surface area (Å²) in [6.07, 6.45) is 1.78. The molecule has 0 atom stereocenters. The van der Waals surface area contributed by atoms with E-state index in [9.17, 15) is 9.36 Å². The maximum absolute atomic E-state index is 10.9. The molecule has 1 aromatic heterocycles. The van der Waals surface area contributed by atoms with Crippen LogP contribution < -0.4 is 5.32 Å². The zero-order chi connectivity index (χ0) is 9.90. The summed E-state index contributed by atoms with van der Waals surface area (Å²) in [6, 6.07) is 1.47. The molecule has 0 saturated carbocycles. The zero-order valence-electron chi connectivity index (χ0n) is 6.51. The maximum Gasteiger partial charge on any atom is 0.334 e. The lowest BCUT2D eigenvalue weighted by Gasteiger charge is -2.02. The Bertz CT molecular complexity index is 327. The van der Waals surface area contributed by atoms with Crippen LogP contribution in [-0.4, -0.2) is 21.9 Å². The van der Waals surface area contributed by atoms with Gasteiger partial charge in [0.25, 0.3) is 0 Å². The van der Waals surface area contributed by atoms with Gasteiger partial charge in [0.05, 0.1) is 12.0 Å². The Morgan fingerprint density at radius 1 is 1.62 bits per heavy atom. The highest BCUT2D eigenvalue weighted by atomic mass is 31.2. The van der Waals surface area contributed by atoms with Crippen LogP contribution >= 0.6 is 7.60 Å². The molecule has 72 valence electrons. The molecule has 0 bridgehead atoms. The highest BCUT2D eigenvalue weighted by Crippen LogP contribution is 2.33. The molecular weight excluding hydrogens is 197 g/mol. The number of hydrogen-bond acceptors (Lipinski definition) is 3. The predicted molar refractivity (Wildman–Crippen MR) is 44.2 cm³/mol. The molecule has 1 heterocycles. The molecule has 0 fully saturated rings. The van der Waals surface area contributed by atoms with Gasteiger partial charge >= 0.3 is 7.60 Å². The van der Waals surface area contributed by atoms with E-state index in [1.54, 1.807) is 0 Å². The second kappa shape index (κ2) is 3.74. The third-order valence-electron chi connectivity index (χ3n) is 1.15. The van der Waals surface area contributed by atoms with Crippen LogP contribution in [0.25, 0.3) is 0 Å². The normalized spacial score (nSPS) is 11.2. The van der Waals surface area contributed by atoms with Gasteiger partial charge in [-0.3, -0.25) is 9.36 Å². The number of hydrogen-bond donors (Lipinski definition) is 3. The molecular formula is C6H8NO5P. The molecule has 0 aliphatic rings. The molecule has 6 nitrogen and oxygen atoms in total. The lowest BCUT2D eigenvalue weighted by Crippen LogP contribution is -2.15. The van der Waals surface area contributed by atoms with Crippen LogP contribution in [0, 0.1) is 0 Å². The number of anilines is 1. The van der Waals surface area contributed by atoms with Gasteiger partial charge in [0.15, 0.2) is 0 Å². The molecule has 0 spiro atoms. The first-order valence-corrected chi connectivity index (χ1v) is 5.14. The van der Waals surface area contributed by atoms with Crippen LogP contribution in [0.15, 0.2) is 23.0 Å². The van der Waals surface area contributed by atoms with Gasteiger partial charge in [-0.25, -0.2) is 0 Å². The molecule has 1 rings (SSSR count). The van der Waals surface area contributed by atoms with E-state index < -0.39 is 19.7 Å². The number of rotatable bonds is 3. The smallest absolute Gasteiger partial charge is 0.334 e. The number of furan rings is 1. The molecule has 0 aliphatic carbocycles. The summed E-state index contributed by atoms with van der Waals surface area (Å²) in [7, 11) is -4.28. The number of nitrogens with one attached hydrogen (secondary N) is 1. The molecule has 0 saturated heterocycles. The van der Waals surface area contributed by atoms with Gasteiger partial charge in [0.1, 0.15) is 12.4 Å². The molecule has 3 N–H and O–H groups in total. The average Bonchev–Trinajstić information content (AvgIpc) is 2.34. The van der Waals surface area contributed by atoms with E-state index in [1.165, 1.54) is 18.6 Å². The first kappa shape index (κ1) is 9.98. The Kier molecular flexibility index (Phi) is 2.87. The molecule has 0 aromatic carbocycles. The van der Waals surface area contributed by atoms with Crippen LogP contribution in [-0.2, 0) is 9.36 Å². The number of carbonyl (C=O) groups is 1. The highest BCUT2D eigenvalue weighted by Gasteiger charge is 2.18. The van der Waals surface area contributed by atoms with E-state index in [0.29, 0.717) is 5.69 Å². The van der Waals surface area contributed by atoms with Crippen molar-refractivity contribution in [1.82, 2.24) is 0 Å². The largest absolute Gasteiger partial charge is 0.470 e. The first-order chi connectivity index (χ1) is 5.97. The molecule has 1 amide bonds. The maximum atomic E-state index is 10.9. The molecule has 0 radical (unpaired) electrons. The van der Waals surface area contributed by atoms with E-state index in [-0.39, 0.29) is 0 Å². The molecule has 13 heavy (non-hydrogen) atoms. The fourth-order valence-electron chi connectivity index (χ4n) is 0.723. The lowest BCUT2D eigenvalue weighted by atomic mass is 10.5. The van der Waals surface area contributed by atoms with E-state index in [2.05, 4.69) is 9.73 Å². The van der Waals surface area contributed by atoms with Crippen molar-refractivity contribution in [2.24, 2.45) is 0 Å². The quantitative estimate of drug-likeness (QED) is 0.620. The van der Waals surface area contributed by atoms with Crippen LogP contribution in [0.1, 0.15) is 0 Å². The standard InChI is InChI=1S/C6H8NO5P/c8-6(4-13(9,10)11)7-5-1-2-12-3-5/h1-3H,4H2,(H,7,8)(H2,9,10,11). The van der Waals surface area contributed by atoms with Crippen molar-refractivity contribution in [1.29, 1.82) is 0 Å². The Hall–Kier alpha value is -1.10. The second-order valence-corrected chi connectivity index (χ2v) is 4.03. The molecule has 0 unspecified atom stereocenters. The van der Waals surface area contributed by atoms with Gasteiger partial charge < -0.3 is 19.5 Å². The summed E-state index contributed by atoms with van der Waals surface area (Å²) in [5.74, 6) is -0.741. The van der Waals surface area contributed by atoms with Gasteiger partial charge in [0.2, 0.25) is 5.91 Å². The van der Waals surface area contributed by atoms with Crippen molar-refractivity contribution in [3.63, 3.8) is 0 Å². The Morgan fingerprint density at radius 3 is 2.77 bits per heavy atom. The monoisotopic (exact) mass is 205 g/mol. The number of amides is 1. The van der Waals surface area contributed by atoms with E-state index >= 15 is 0 Å². The van der Waals surface area contributed by atoms with Crippen molar-refractivity contribution in [2.75, 3.05) is 11.5 Å². The SMILES string of the molecule is O=C(CP(=O)(O)O)Nc1ccoc1. The van der Waals surface area contributed by atoms with Crippen molar-refractivity contribution in [3.05, 3.63) is 18.6 Å². The van der Waals surface area contributed by atoms with E-state index in [1.807, 2.05) is 0 Å². The fourth-order valence-corrected chi connectivity index (χ4v) is 1.18. The van der Waals surface area contributed by atoms with Gasteiger partial charge in [-0.2, -0.15) is 0 Å². The molecule has 1 aromatic rings. The minimum atomic E-state index is -4.28. The average molecular weight is 205 g/mol. The Labute approximate surface area is 73.7 Å². The summed E-state index contributed by atoms with van der Waals surface area (Å²) in [6.45, 7) is 0. The molecule has 7 heteroatoms. The molecule has 0 aliphatic heterocycles. The third-order valence-corrected chi connectivity index (χ3v) is 1.85.